The standard InChI is InChI=1S/C23H26FNO3/c1-23(2)12-15-11-17(25-9-3-4-10-25)21(22(27)28)20(19(15)18(26)13-23)14-5-7-16(24)8-6-14/h5-8,11,20-21H,3-4,9-10,12-13H2,1-2H3,(H,27,28). The van der Waals surface area contributed by atoms with E-state index in [4.69, 9.17) is 0 Å². The summed E-state index contributed by atoms with van der Waals surface area (Å²) in [6.07, 6.45) is 5.21. The van der Waals surface area contributed by atoms with Crippen LogP contribution in [0.2, 0.25) is 0 Å². The largest absolute Gasteiger partial charge is 0.481 e. The lowest BCUT2D eigenvalue weighted by atomic mass is 9.64. The molecule has 1 saturated heterocycles. The number of nitrogens with zero attached hydrogens (tertiary/aromatic N) is 1. The first-order chi connectivity index (χ1) is 13.3. The number of allylic oxidation sites excluding steroid dienone is 3. The summed E-state index contributed by atoms with van der Waals surface area (Å²) in [4.78, 5) is 27.7. The minimum atomic E-state index is -0.934. The maximum Gasteiger partial charge on any atom is 0.313 e. The van der Waals surface area contributed by atoms with Crippen molar-refractivity contribution in [1.29, 1.82) is 0 Å². The van der Waals surface area contributed by atoms with Crippen molar-refractivity contribution in [3.05, 3.63) is 58.6 Å². The van der Waals surface area contributed by atoms with Crippen LogP contribution in [0.4, 0.5) is 4.39 Å². The fourth-order valence-corrected chi connectivity index (χ4v) is 5.05. The first-order valence-electron chi connectivity index (χ1n) is 9.98. The lowest BCUT2D eigenvalue weighted by molar-refractivity contribution is -0.141. The number of ketones is 1. The molecule has 1 fully saturated rings. The Morgan fingerprint density at radius 2 is 1.79 bits per heavy atom. The van der Waals surface area contributed by atoms with Crippen LogP contribution in [0.15, 0.2) is 47.2 Å². The van der Waals surface area contributed by atoms with E-state index in [0.29, 0.717) is 17.6 Å². The smallest absolute Gasteiger partial charge is 0.313 e. The van der Waals surface area contributed by atoms with E-state index in [9.17, 15) is 19.1 Å². The Balaban J connectivity index is 1.90. The molecule has 0 aromatic heterocycles. The first-order valence-corrected chi connectivity index (χ1v) is 9.98. The minimum Gasteiger partial charge on any atom is -0.481 e. The molecule has 148 valence electrons. The van der Waals surface area contributed by atoms with Gasteiger partial charge in [0.25, 0.3) is 0 Å². The molecule has 1 aromatic rings. The molecule has 28 heavy (non-hydrogen) atoms. The second-order valence-electron chi connectivity index (χ2n) is 8.99. The number of rotatable bonds is 3. The maximum absolute atomic E-state index is 13.5. The molecular formula is C23H26FNO3. The Morgan fingerprint density at radius 3 is 2.39 bits per heavy atom. The van der Waals surface area contributed by atoms with Crippen molar-refractivity contribution in [3.8, 4) is 0 Å². The van der Waals surface area contributed by atoms with E-state index in [2.05, 4.69) is 18.7 Å². The number of benzene rings is 1. The highest BCUT2D eigenvalue weighted by Gasteiger charge is 2.46. The normalized spacial score (nSPS) is 26.9. The van der Waals surface area contributed by atoms with Crippen LogP contribution in [0.25, 0.3) is 0 Å². The summed E-state index contributed by atoms with van der Waals surface area (Å²) in [5.74, 6) is -2.68. The number of carbonyl (C=O) groups excluding carboxylic acids is 1. The van der Waals surface area contributed by atoms with Crippen LogP contribution in [-0.4, -0.2) is 34.8 Å². The van der Waals surface area contributed by atoms with Crippen molar-refractivity contribution in [1.82, 2.24) is 4.90 Å². The minimum absolute atomic E-state index is 0.0172. The molecule has 0 bridgehead atoms. The van der Waals surface area contributed by atoms with Crippen LogP contribution in [0.5, 0.6) is 0 Å². The number of carbonyl (C=O) groups is 2. The lowest BCUT2D eigenvalue weighted by Gasteiger charge is -2.42. The SMILES string of the molecule is CC1(C)CC(=O)C2=C(C=C(N3CCCC3)C(C(=O)O)C2c2ccc(F)cc2)C1. The zero-order valence-electron chi connectivity index (χ0n) is 16.4. The molecule has 1 N–H and O–H groups in total. The molecule has 1 heterocycles. The third-order valence-electron chi connectivity index (χ3n) is 6.21. The molecule has 4 rings (SSSR count). The lowest BCUT2D eigenvalue weighted by Crippen LogP contribution is -2.40. The average Bonchev–Trinajstić information content (AvgIpc) is 3.14. The summed E-state index contributed by atoms with van der Waals surface area (Å²) in [5, 5.41) is 10.2. The summed E-state index contributed by atoms with van der Waals surface area (Å²) < 4.78 is 13.5. The van der Waals surface area contributed by atoms with Crippen molar-refractivity contribution in [3.63, 3.8) is 0 Å². The zero-order chi connectivity index (χ0) is 20.1. The number of aliphatic carboxylic acids is 1. The quantitative estimate of drug-likeness (QED) is 0.846. The molecule has 2 unspecified atom stereocenters. The molecule has 0 spiro atoms. The van der Waals surface area contributed by atoms with Gasteiger partial charge in [-0.3, -0.25) is 9.59 Å². The molecule has 2 atom stereocenters. The third-order valence-corrected chi connectivity index (χ3v) is 6.21. The highest BCUT2D eigenvalue weighted by Crippen LogP contribution is 2.50. The van der Waals surface area contributed by atoms with Crippen molar-refractivity contribution in [2.24, 2.45) is 11.3 Å². The van der Waals surface area contributed by atoms with E-state index in [1.54, 1.807) is 12.1 Å². The van der Waals surface area contributed by atoms with Crippen LogP contribution in [0.3, 0.4) is 0 Å². The van der Waals surface area contributed by atoms with Crippen molar-refractivity contribution >= 4 is 11.8 Å². The van der Waals surface area contributed by atoms with Gasteiger partial charge in [0.2, 0.25) is 0 Å². The summed E-state index contributed by atoms with van der Waals surface area (Å²) >= 11 is 0. The Hall–Kier alpha value is -2.43. The second kappa shape index (κ2) is 6.87. The molecule has 0 radical (unpaired) electrons. The number of Topliss-reactive ketones (excluding diaryl/α,β-unsaturated/α-hetero) is 1. The third kappa shape index (κ3) is 3.27. The highest BCUT2D eigenvalue weighted by molar-refractivity contribution is 6.01. The van der Waals surface area contributed by atoms with Crippen LogP contribution in [0, 0.1) is 17.2 Å². The van der Waals surface area contributed by atoms with Crippen molar-refractivity contribution in [2.45, 2.75) is 45.4 Å². The number of hydrogen-bond donors (Lipinski definition) is 1. The van der Waals surface area contributed by atoms with Gasteiger partial charge < -0.3 is 10.0 Å². The topological polar surface area (TPSA) is 57.6 Å². The fraction of sp³-hybridized carbons (Fsp3) is 0.478. The maximum atomic E-state index is 13.5. The Bertz CT molecular complexity index is 876. The molecule has 0 amide bonds. The number of hydrogen-bond acceptors (Lipinski definition) is 3. The number of halogens is 1. The summed E-state index contributed by atoms with van der Waals surface area (Å²) in [5.41, 5.74) is 2.91. The van der Waals surface area contributed by atoms with Gasteiger partial charge in [0.05, 0.1) is 0 Å². The molecule has 5 heteroatoms. The molecule has 0 saturated carbocycles. The number of likely N-dealkylation sites (tertiary alicyclic amines) is 1. The molecule has 3 aliphatic rings. The Labute approximate surface area is 164 Å². The highest BCUT2D eigenvalue weighted by atomic mass is 19.1. The molecule has 1 aromatic carbocycles. The average molecular weight is 383 g/mol. The van der Waals surface area contributed by atoms with Gasteiger partial charge in [0.15, 0.2) is 5.78 Å². The van der Waals surface area contributed by atoms with Crippen molar-refractivity contribution < 1.29 is 19.1 Å². The molecular weight excluding hydrogens is 357 g/mol. The van der Waals surface area contributed by atoms with Gasteiger partial charge in [-0.05, 0) is 54.0 Å². The predicted octanol–water partition coefficient (Wildman–Crippen LogP) is 4.29. The zero-order valence-corrected chi connectivity index (χ0v) is 16.4. The summed E-state index contributed by atoms with van der Waals surface area (Å²) in [7, 11) is 0. The van der Waals surface area contributed by atoms with E-state index >= 15 is 0 Å². The van der Waals surface area contributed by atoms with E-state index in [1.807, 2.05) is 6.08 Å². The number of carboxylic acid groups (broad SMARTS) is 1. The van der Waals surface area contributed by atoms with E-state index in [-0.39, 0.29) is 17.0 Å². The van der Waals surface area contributed by atoms with Gasteiger partial charge in [-0.15, -0.1) is 0 Å². The number of carboxylic acids is 1. The van der Waals surface area contributed by atoms with Gasteiger partial charge in [-0.25, -0.2) is 4.39 Å². The van der Waals surface area contributed by atoms with E-state index in [1.165, 1.54) is 12.1 Å². The van der Waals surface area contributed by atoms with Gasteiger partial charge in [0, 0.05) is 36.7 Å². The van der Waals surface area contributed by atoms with Crippen LogP contribution in [0.1, 0.15) is 51.0 Å². The summed E-state index contributed by atoms with van der Waals surface area (Å²) in [6, 6.07) is 5.94. The second-order valence-corrected chi connectivity index (χ2v) is 8.99. The predicted molar refractivity (Wildman–Crippen MR) is 104 cm³/mol. The van der Waals surface area contributed by atoms with Crippen molar-refractivity contribution in [2.75, 3.05) is 13.1 Å². The summed E-state index contributed by atoms with van der Waals surface area (Å²) in [6.45, 7) is 5.83. The van der Waals surface area contributed by atoms with Crippen LogP contribution >= 0.6 is 0 Å². The molecule has 1 aliphatic heterocycles. The Kier molecular flexibility index (Phi) is 4.64. The fourth-order valence-electron chi connectivity index (χ4n) is 5.05. The van der Waals surface area contributed by atoms with Gasteiger partial charge >= 0.3 is 5.97 Å². The first kappa shape index (κ1) is 18.9. The van der Waals surface area contributed by atoms with Crippen LogP contribution < -0.4 is 0 Å². The molecule has 2 aliphatic carbocycles. The van der Waals surface area contributed by atoms with Crippen LogP contribution in [-0.2, 0) is 9.59 Å². The van der Waals surface area contributed by atoms with E-state index < -0.39 is 17.8 Å². The Morgan fingerprint density at radius 1 is 1.14 bits per heavy atom. The van der Waals surface area contributed by atoms with Gasteiger partial charge in [-0.1, -0.05) is 26.0 Å². The van der Waals surface area contributed by atoms with Gasteiger partial charge in [0.1, 0.15) is 11.7 Å². The van der Waals surface area contributed by atoms with Gasteiger partial charge in [-0.2, -0.15) is 0 Å². The monoisotopic (exact) mass is 383 g/mol. The van der Waals surface area contributed by atoms with E-state index in [0.717, 1.165) is 43.6 Å². The molecule has 4 nitrogen and oxygen atoms in total.